The minimum atomic E-state index is -0.0810. The van der Waals surface area contributed by atoms with Crippen LogP contribution in [0.4, 0.5) is 0 Å². The van der Waals surface area contributed by atoms with Gasteiger partial charge in [-0.1, -0.05) is 25.0 Å². The van der Waals surface area contributed by atoms with Crippen molar-refractivity contribution in [3.8, 4) is 11.5 Å². The Kier molecular flexibility index (Phi) is 7.86. The van der Waals surface area contributed by atoms with Gasteiger partial charge in [0.2, 0.25) is 0 Å². The van der Waals surface area contributed by atoms with Gasteiger partial charge in [-0.15, -0.1) is 11.3 Å². The van der Waals surface area contributed by atoms with E-state index in [1.54, 1.807) is 12.0 Å². The number of amides is 1. The van der Waals surface area contributed by atoms with Crippen molar-refractivity contribution in [2.45, 2.75) is 51.0 Å². The average Bonchev–Trinajstić information content (AvgIpc) is 3.49. The maximum atomic E-state index is 12.3. The van der Waals surface area contributed by atoms with Crippen LogP contribution in [0.1, 0.15) is 54.2 Å². The first-order valence-corrected chi connectivity index (χ1v) is 12.4. The van der Waals surface area contributed by atoms with Crippen LogP contribution in [0, 0.1) is 5.92 Å². The Morgan fingerprint density at radius 1 is 1.10 bits per heavy atom. The SMILES string of the molecule is COc1ccccc1OCC(=O)NCC1CCCN(Cc2ccc(C3CCCC3)s2)C1. The standard InChI is InChI=1S/C25H34N2O3S/c1-29-22-10-4-5-11-23(22)30-18-25(28)26-15-19-7-6-14-27(16-19)17-21-12-13-24(31-21)20-8-2-3-9-20/h4-5,10-13,19-20H,2-3,6-9,14-18H2,1H3,(H,26,28). The third-order valence-corrected chi connectivity index (χ3v) is 7.67. The van der Waals surface area contributed by atoms with Gasteiger partial charge in [-0.05, 0) is 68.3 Å². The molecule has 4 rings (SSSR count). The Morgan fingerprint density at radius 2 is 1.90 bits per heavy atom. The molecule has 1 N–H and O–H groups in total. The van der Waals surface area contributed by atoms with Gasteiger partial charge in [0.1, 0.15) is 0 Å². The summed E-state index contributed by atoms with van der Waals surface area (Å²) in [4.78, 5) is 17.9. The molecule has 1 aromatic heterocycles. The maximum absolute atomic E-state index is 12.3. The lowest BCUT2D eigenvalue weighted by molar-refractivity contribution is -0.123. The number of hydrogen-bond acceptors (Lipinski definition) is 5. The number of nitrogens with zero attached hydrogens (tertiary/aromatic N) is 1. The largest absolute Gasteiger partial charge is 0.493 e. The molecular weight excluding hydrogens is 408 g/mol. The summed E-state index contributed by atoms with van der Waals surface area (Å²) < 4.78 is 10.9. The molecule has 1 amide bonds. The van der Waals surface area contributed by atoms with Crippen molar-refractivity contribution in [2.24, 2.45) is 5.92 Å². The highest BCUT2D eigenvalue weighted by atomic mass is 32.1. The van der Waals surface area contributed by atoms with Crippen molar-refractivity contribution in [3.05, 3.63) is 46.2 Å². The van der Waals surface area contributed by atoms with Crippen molar-refractivity contribution in [1.82, 2.24) is 10.2 Å². The van der Waals surface area contributed by atoms with Gasteiger partial charge in [0.25, 0.3) is 5.91 Å². The number of piperidine rings is 1. The topological polar surface area (TPSA) is 50.8 Å². The van der Waals surface area contributed by atoms with E-state index in [-0.39, 0.29) is 12.5 Å². The van der Waals surface area contributed by atoms with E-state index in [9.17, 15) is 4.79 Å². The lowest BCUT2D eigenvalue weighted by atomic mass is 9.98. The second kappa shape index (κ2) is 11.0. The van der Waals surface area contributed by atoms with Crippen LogP contribution >= 0.6 is 11.3 Å². The van der Waals surface area contributed by atoms with E-state index < -0.39 is 0 Å². The smallest absolute Gasteiger partial charge is 0.257 e. The summed E-state index contributed by atoms with van der Waals surface area (Å²) in [5.74, 6) is 2.46. The lowest BCUT2D eigenvalue weighted by Crippen LogP contribution is -2.41. The van der Waals surface area contributed by atoms with Gasteiger partial charge in [0, 0.05) is 29.4 Å². The summed E-state index contributed by atoms with van der Waals surface area (Å²) in [6, 6.07) is 12.1. The molecule has 6 heteroatoms. The van der Waals surface area contributed by atoms with Gasteiger partial charge in [-0.2, -0.15) is 0 Å². The highest BCUT2D eigenvalue weighted by Crippen LogP contribution is 2.38. The van der Waals surface area contributed by atoms with E-state index in [2.05, 4.69) is 22.3 Å². The van der Waals surface area contributed by atoms with Crippen LogP contribution in [-0.2, 0) is 11.3 Å². The van der Waals surface area contributed by atoms with E-state index in [0.29, 0.717) is 24.0 Å². The number of ether oxygens (including phenoxy) is 2. The Balaban J connectivity index is 1.19. The first kappa shape index (κ1) is 22.2. The molecular formula is C25H34N2O3S. The zero-order valence-corrected chi connectivity index (χ0v) is 19.3. The monoisotopic (exact) mass is 442 g/mol. The zero-order valence-electron chi connectivity index (χ0n) is 18.5. The Bertz CT molecular complexity index is 847. The molecule has 0 bridgehead atoms. The number of hydrogen-bond donors (Lipinski definition) is 1. The second-order valence-corrected chi connectivity index (χ2v) is 9.97. The fourth-order valence-electron chi connectivity index (χ4n) is 4.78. The number of carbonyl (C=O) groups is 1. The summed E-state index contributed by atoms with van der Waals surface area (Å²) in [5, 5.41) is 3.06. The van der Waals surface area contributed by atoms with Crippen LogP contribution in [0.2, 0.25) is 0 Å². The van der Waals surface area contributed by atoms with Crippen molar-refractivity contribution in [3.63, 3.8) is 0 Å². The molecule has 2 aromatic rings. The quantitative estimate of drug-likeness (QED) is 0.605. The summed E-state index contributed by atoms with van der Waals surface area (Å²) in [6.07, 6.45) is 7.88. The van der Waals surface area contributed by atoms with Gasteiger partial charge in [0.05, 0.1) is 7.11 Å². The summed E-state index contributed by atoms with van der Waals surface area (Å²) in [7, 11) is 1.60. The predicted octanol–water partition coefficient (Wildman–Crippen LogP) is 4.82. The van der Waals surface area contributed by atoms with E-state index in [4.69, 9.17) is 9.47 Å². The molecule has 2 fully saturated rings. The third kappa shape index (κ3) is 6.23. The maximum Gasteiger partial charge on any atom is 0.257 e. The molecule has 1 aliphatic carbocycles. The number of thiophene rings is 1. The molecule has 1 atom stereocenters. The van der Waals surface area contributed by atoms with Gasteiger partial charge < -0.3 is 14.8 Å². The average molecular weight is 443 g/mol. The van der Waals surface area contributed by atoms with E-state index in [1.165, 1.54) is 43.4 Å². The first-order valence-electron chi connectivity index (χ1n) is 11.5. The number of para-hydroxylation sites is 2. The van der Waals surface area contributed by atoms with Crippen LogP contribution in [0.3, 0.4) is 0 Å². The number of rotatable bonds is 9. The van der Waals surface area contributed by atoms with Crippen LogP contribution < -0.4 is 14.8 Å². The van der Waals surface area contributed by atoms with Gasteiger partial charge in [-0.3, -0.25) is 9.69 Å². The molecule has 1 aliphatic heterocycles. The second-order valence-electron chi connectivity index (χ2n) is 8.77. The molecule has 1 unspecified atom stereocenters. The predicted molar refractivity (Wildman–Crippen MR) is 125 cm³/mol. The Hall–Kier alpha value is -2.05. The molecule has 1 saturated carbocycles. The van der Waals surface area contributed by atoms with Crippen molar-refractivity contribution in [1.29, 1.82) is 0 Å². The highest BCUT2D eigenvalue weighted by molar-refractivity contribution is 7.12. The van der Waals surface area contributed by atoms with Gasteiger partial charge in [-0.25, -0.2) is 0 Å². The lowest BCUT2D eigenvalue weighted by Gasteiger charge is -2.32. The molecule has 1 aromatic carbocycles. The van der Waals surface area contributed by atoms with Gasteiger partial charge >= 0.3 is 0 Å². The number of methoxy groups -OCH3 is 1. The Labute approximate surface area is 189 Å². The highest BCUT2D eigenvalue weighted by Gasteiger charge is 2.23. The summed E-state index contributed by atoms with van der Waals surface area (Å²) in [6.45, 7) is 3.96. The van der Waals surface area contributed by atoms with Crippen LogP contribution in [0.25, 0.3) is 0 Å². The first-order chi connectivity index (χ1) is 15.2. The molecule has 5 nitrogen and oxygen atoms in total. The molecule has 168 valence electrons. The Morgan fingerprint density at radius 3 is 2.71 bits per heavy atom. The zero-order chi connectivity index (χ0) is 21.5. The van der Waals surface area contributed by atoms with Crippen molar-refractivity contribution >= 4 is 17.2 Å². The van der Waals surface area contributed by atoms with Crippen molar-refractivity contribution < 1.29 is 14.3 Å². The third-order valence-electron chi connectivity index (χ3n) is 6.44. The normalized spacial score (nSPS) is 20.0. The van der Waals surface area contributed by atoms with Crippen LogP contribution in [-0.4, -0.2) is 44.2 Å². The molecule has 0 spiro atoms. The number of carbonyl (C=O) groups excluding carboxylic acids is 1. The number of benzene rings is 1. The van der Waals surface area contributed by atoms with Crippen LogP contribution in [0.5, 0.6) is 11.5 Å². The molecule has 1 saturated heterocycles. The summed E-state index contributed by atoms with van der Waals surface area (Å²) >= 11 is 2.01. The van der Waals surface area contributed by atoms with Crippen molar-refractivity contribution in [2.75, 3.05) is 33.4 Å². The summed E-state index contributed by atoms with van der Waals surface area (Å²) in [5.41, 5.74) is 0. The van der Waals surface area contributed by atoms with E-state index >= 15 is 0 Å². The fraction of sp³-hybridized carbons (Fsp3) is 0.560. The molecule has 0 radical (unpaired) electrons. The minimum absolute atomic E-state index is 0.00987. The minimum Gasteiger partial charge on any atom is -0.493 e. The fourth-order valence-corrected chi connectivity index (χ4v) is 6.01. The van der Waals surface area contributed by atoms with Gasteiger partial charge in [0.15, 0.2) is 18.1 Å². The number of nitrogens with one attached hydrogen (secondary N) is 1. The molecule has 2 aliphatic rings. The van der Waals surface area contributed by atoms with Crippen LogP contribution in [0.15, 0.2) is 36.4 Å². The molecule has 2 heterocycles. The van der Waals surface area contributed by atoms with E-state index in [0.717, 1.165) is 25.6 Å². The number of likely N-dealkylation sites (tertiary alicyclic amines) is 1. The molecule has 31 heavy (non-hydrogen) atoms. The van der Waals surface area contributed by atoms with E-state index in [1.807, 2.05) is 35.6 Å².